The van der Waals surface area contributed by atoms with E-state index in [1.165, 1.54) is 22.3 Å². The fourth-order valence-electron chi connectivity index (χ4n) is 2.19. The van der Waals surface area contributed by atoms with E-state index in [4.69, 9.17) is 5.73 Å². The van der Waals surface area contributed by atoms with Crippen molar-refractivity contribution in [3.05, 3.63) is 64.2 Å². The van der Waals surface area contributed by atoms with Gasteiger partial charge in [-0.15, -0.1) is 0 Å². The topological polar surface area (TPSA) is 26.0 Å². The van der Waals surface area contributed by atoms with Crippen molar-refractivity contribution in [2.75, 3.05) is 5.73 Å². The average Bonchev–Trinajstić information content (AvgIpc) is 2.35. The van der Waals surface area contributed by atoms with Gasteiger partial charge in [0.25, 0.3) is 0 Å². The molecule has 2 aromatic carbocycles. The molecular weight excluding hydrogens is 218 g/mol. The number of rotatable bonds is 2. The summed E-state index contributed by atoms with van der Waals surface area (Å²) in [6.45, 7) is 8.62. The number of hydrogen-bond donors (Lipinski definition) is 1. The van der Waals surface area contributed by atoms with Gasteiger partial charge in [-0.2, -0.15) is 0 Å². The lowest BCUT2D eigenvalue weighted by Crippen LogP contribution is -1.99. The lowest BCUT2D eigenvalue weighted by atomic mass is 9.90. The first-order valence-electron chi connectivity index (χ1n) is 6.42. The zero-order valence-electron chi connectivity index (χ0n) is 11.6. The van der Waals surface area contributed by atoms with Gasteiger partial charge >= 0.3 is 0 Å². The quantitative estimate of drug-likeness (QED) is 0.775. The second-order valence-electron chi connectivity index (χ2n) is 5.18. The number of anilines is 1. The predicted octanol–water partition coefficient (Wildman–Crippen LogP) is 4.35. The van der Waals surface area contributed by atoms with Gasteiger partial charge in [0, 0.05) is 11.6 Å². The second-order valence-corrected chi connectivity index (χ2v) is 5.18. The molecule has 1 heteroatoms. The number of benzene rings is 2. The van der Waals surface area contributed by atoms with Crippen molar-refractivity contribution < 1.29 is 0 Å². The summed E-state index contributed by atoms with van der Waals surface area (Å²) in [6, 6.07) is 13.0. The van der Waals surface area contributed by atoms with Gasteiger partial charge in [0.05, 0.1) is 0 Å². The van der Waals surface area contributed by atoms with Crippen molar-refractivity contribution in [3.63, 3.8) is 0 Å². The summed E-state index contributed by atoms with van der Waals surface area (Å²) < 4.78 is 0. The molecule has 0 aromatic heterocycles. The van der Waals surface area contributed by atoms with Crippen LogP contribution >= 0.6 is 0 Å². The second kappa shape index (κ2) is 4.85. The van der Waals surface area contributed by atoms with Crippen LogP contribution in [-0.4, -0.2) is 0 Å². The molecule has 0 heterocycles. The Morgan fingerprint density at radius 2 is 1.33 bits per heavy atom. The van der Waals surface area contributed by atoms with Gasteiger partial charge in [-0.05, 0) is 54.7 Å². The van der Waals surface area contributed by atoms with Crippen LogP contribution in [0.1, 0.15) is 40.7 Å². The van der Waals surface area contributed by atoms with Crippen molar-refractivity contribution in [3.8, 4) is 0 Å². The maximum atomic E-state index is 5.87. The molecule has 2 rings (SSSR count). The van der Waals surface area contributed by atoms with Crippen molar-refractivity contribution in [2.24, 2.45) is 0 Å². The monoisotopic (exact) mass is 239 g/mol. The van der Waals surface area contributed by atoms with Crippen LogP contribution in [0.4, 0.5) is 5.69 Å². The van der Waals surface area contributed by atoms with E-state index in [1.807, 2.05) is 6.07 Å². The number of hydrogen-bond acceptors (Lipinski definition) is 1. The molecular formula is C17H21N. The van der Waals surface area contributed by atoms with E-state index in [0.717, 1.165) is 11.3 Å². The average molecular weight is 239 g/mol. The smallest absolute Gasteiger partial charge is 0.0343 e. The lowest BCUT2D eigenvalue weighted by molar-refractivity contribution is 0.916. The van der Waals surface area contributed by atoms with Crippen LogP contribution in [-0.2, 0) is 0 Å². The van der Waals surface area contributed by atoms with Crippen LogP contribution in [0.2, 0.25) is 0 Å². The van der Waals surface area contributed by atoms with Gasteiger partial charge in [0.2, 0.25) is 0 Å². The van der Waals surface area contributed by atoms with Gasteiger partial charge in [-0.1, -0.05) is 37.3 Å². The number of aryl methyl sites for hydroxylation is 3. The third-order valence-electron chi connectivity index (χ3n) is 3.82. The van der Waals surface area contributed by atoms with Crippen LogP contribution in [0, 0.1) is 20.8 Å². The summed E-state index contributed by atoms with van der Waals surface area (Å²) >= 11 is 0. The molecule has 2 aromatic rings. The van der Waals surface area contributed by atoms with Crippen LogP contribution in [0.5, 0.6) is 0 Å². The Bertz CT molecular complexity index is 518. The van der Waals surface area contributed by atoms with Crippen molar-refractivity contribution in [2.45, 2.75) is 33.6 Å². The first-order chi connectivity index (χ1) is 8.49. The lowest BCUT2D eigenvalue weighted by Gasteiger charge is -2.15. The first kappa shape index (κ1) is 12.7. The first-order valence-corrected chi connectivity index (χ1v) is 6.42. The minimum atomic E-state index is 0.406. The van der Waals surface area contributed by atoms with E-state index < -0.39 is 0 Å². The third-order valence-corrected chi connectivity index (χ3v) is 3.82. The highest BCUT2D eigenvalue weighted by molar-refractivity contribution is 5.49. The van der Waals surface area contributed by atoms with E-state index in [2.05, 4.69) is 58.0 Å². The van der Waals surface area contributed by atoms with Crippen molar-refractivity contribution in [1.82, 2.24) is 0 Å². The largest absolute Gasteiger partial charge is 0.399 e. The highest BCUT2D eigenvalue weighted by Crippen LogP contribution is 2.27. The van der Waals surface area contributed by atoms with Gasteiger partial charge < -0.3 is 5.73 Å². The molecule has 1 atom stereocenters. The van der Waals surface area contributed by atoms with Crippen LogP contribution < -0.4 is 5.73 Å². The zero-order chi connectivity index (χ0) is 13.3. The Morgan fingerprint density at radius 3 is 1.89 bits per heavy atom. The predicted molar refractivity (Wildman–Crippen MR) is 79.0 cm³/mol. The molecule has 0 aliphatic carbocycles. The minimum Gasteiger partial charge on any atom is -0.399 e. The zero-order valence-corrected chi connectivity index (χ0v) is 11.6. The summed E-state index contributed by atoms with van der Waals surface area (Å²) in [7, 11) is 0. The molecule has 0 bridgehead atoms. The summed E-state index contributed by atoms with van der Waals surface area (Å²) in [6.07, 6.45) is 0. The van der Waals surface area contributed by atoms with Crippen LogP contribution in [0.25, 0.3) is 0 Å². The molecule has 1 unspecified atom stereocenters. The third kappa shape index (κ3) is 2.40. The van der Waals surface area contributed by atoms with Crippen LogP contribution in [0.15, 0.2) is 36.4 Å². The number of nitrogen functional groups attached to an aromatic ring is 1. The van der Waals surface area contributed by atoms with Crippen LogP contribution in [0.3, 0.4) is 0 Å². The van der Waals surface area contributed by atoms with E-state index in [1.54, 1.807) is 0 Å². The summed E-state index contributed by atoms with van der Waals surface area (Å²) in [5.74, 6) is 0.406. The molecule has 0 aliphatic heterocycles. The van der Waals surface area contributed by atoms with Gasteiger partial charge in [0.1, 0.15) is 0 Å². The Kier molecular flexibility index (Phi) is 3.42. The standard InChI is InChI=1S/C17H21N/c1-11-5-6-15(9-12(11)2)14(4)16-7-8-17(18)13(3)10-16/h5-10,14H,18H2,1-4H3. The maximum Gasteiger partial charge on any atom is 0.0343 e. The Labute approximate surface area is 110 Å². The fraction of sp³-hybridized carbons (Fsp3) is 0.294. The summed E-state index contributed by atoms with van der Waals surface area (Å²) in [5, 5.41) is 0. The molecule has 0 saturated carbocycles. The molecule has 1 nitrogen and oxygen atoms in total. The molecule has 0 radical (unpaired) electrons. The molecule has 0 amide bonds. The molecule has 0 aliphatic rings. The summed E-state index contributed by atoms with van der Waals surface area (Å²) in [4.78, 5) is 0. The SMILES string of the molecule is Cc1ccc(C(C)c2ccc(N)c(C)c2)cc1C. The van der Waals surface area contributed by atoms with E-state index in [0.29, 0.717) is 5.92 Å². The van der Waals surface area contributed by atoms with E-state index >= 15 is 0 Å². The molecule has 0 saturated heterocycles. The highest BCUT2D eigenvalue weighted by atomic mass is 14.5. The number of nitrogens with two attached hydrogens (primary N) is 1. The van der Waals surface area contributed by atoms with Gasteiger partial charge in [0.15, 0.2) is 0 Å². The molecule has 0 spiro atoms. The Hall–Kier alpha value is -1.76. The normalized spacial score (nSPS) is 12.4. The molecule has 18 heavy (non-hydrogen) atoms. The Balaban J connectivity index is 2.37. The van der Waals surface area contributed by atoms with Crippen molar-refractivity contribution in [1.29, 1.82) is 0 Å². The highest BCUT2D eigenvalue weighted by Gasteiger charge is 2.10. The van der Waals surface area contributed by atoms with E-state index in [-0.39, 0.29) is 0 Å². The minimum absolute atomic E-state index is 0.406. The Morgan fingerprint density at radius 1 is 0.778 bits per heavy atom. The van der Waals surface area contributed by atoms with Gasteiger partial charge in [-0.25, -0.2) is 0 Å². The maximum absolute atomic E-state index is 5.87. The molecule has 94 valence electrons. The fourth-order valence-corrected chi connectivity index (χ4v) is 2.19. The van der Waals surface area contributed by atoms with E-state index in [9.17, 15) is 0 Å². The van der Waals surface area contributed by atoms with Crippen molar-refractivity contribution >= 4 is 5.69 Å². The molecule has 0 fully saturated rings. The van der Waals surface area contributed by atoms with Gasteiger partial charge in [-0.3, -0.25) is 0 Å². The molecule has 2 N–H and O–H groups in total. The summed E-state index contributed by atoms with van der Waals surface area (Å²) in [5.41, 5.74) is 13.3.